The summed E-state index contributed by atoms with van der Waals surface area (Å²) in [4.78, 5) is 19.6. The highest BCUT2D eigenvalue weighted by Crippen LogP contribution is 2.38. The lowest BCUT2D eigenvalue weighted by Crippen LogP contribution is -2.30. The first-order chi connectivity index (χ1) is 16.9. The molecule has 1 saturated heterocycles. The van der Waals surface area contributed by atoms with Crippen LogP contribution in [0, 0.1) is 0 Å². The van der Waals surface area contributed by atoms with Crippen molar-refractivity contribution in [2.75, 3.05) is 13.3 Å². The molecule has 1 amide bonds. The van der Waals surface area contributed by atoms with Crippen molar-refractivity contribution >= 4 is 17.0 Å². The molecule has 0 bridgehead atoms. The van der Waals surface area contributed by atoms with Gasteiger partial charge in [0.05, 0.1) is 5.56 Å². The van der Waals surface area contributed by atoms with Gasteiger partial charge in [-0.1, -0.05) is 18.2 Å². The number of nitrogens with zero attached hydrogens (tertiary/aromatic N) is 2. The number of halogens is 3. The lowest BCUT2D eigenvalue weighted by molar-refractivity contribution is -0.137. The van der Waals surface area contributed by atoms with Gasteiger partial charge in [0.1, 0.15) is 11.6 Å². The molecule has 0 radical (unpaired) electrons. The average Bonchev–Trinajstić information content (AvgIpc) is 3.61. The van der Waals surface area contributed by atoms with Gasteiger partial charge in [0, 0.05) is 12.1 Å². The van der Waals surface area contributed by atoms with E-state index < -0.39 is 11.7 Å². The van der Waals surface area contributed by atoms with Crippen molar-refractivity contribution in [3.05, 3.63) is 77.7 Å². The molecule has 1 fully saturated rings. The Hall–Kier alpha value is -4.01. The van der Waals surface area contributed by atoms with E-state index in [1.165, 1.54) is 6.07 Å². The van der Waals surface area contributed by atoms with E-state index in [2.05, 4.69) is 4.98 Å². The highest BCUT2D eigenvalue weighted by Gasteiger charge is 2.35. The number of rotatable bonds is 3. The van der Waals surface area contributed by atoms with Gasteiger partial charge in [-0.3, -0.25) is 4.79 Å². The van der Waals surface area contributed by atoms with E-state index in [1.807, 2.05) is 0 Å². The number of carbonyl (C=O) groups excluding carboxylic acids is 1. The van der Waals surface area contributed by atoms with Gasteiger partial charge in [0.25, 0.3) is 5.91 Å². The zero-order chi connectivity index (χ0) is 24.2. The van der Waals surface area contributed by atoms with Crippen molar-refractivity contribution in [2.45, 2.75) is 25.1 Å². The molecule has 1 unspecified atom stereocenters. The highest BCUT2D eigenvalue weighted by molar-refractivity contribution is 5.95. The van der Waals surface area contributed by atoms with Crippen LogP contribution in [0.3, 0.4) is 0 Å². The smallest absolute Gasteiger partial charge is 0.416 e. The number of likely N-dealkylation sites (tertiary alicyclic amines) is 1. The molecule has 3 heterocycles. The minimum atomic E-state index is -4.42. The van der Waals surface area contributed by atoms with Gasteiger partial charge < -0.3 is 18.8 Å². The number of amides is 1. The molecule has 4 aromatic rings. The van der Waals surface area contributed by atoms with Crippen LogP contribution in [0.25, 0.3) is 22.2 Å². The van der Waals surface area contributed by atoms with Crippen LogP contribution in [0.15, 0.2) is 65.1 Å². The fourth-order valence-electron chi connectivity index (χ4n) is 4.60. The monoisotopic (exact) mass is 480 g/mol. The van der Waals surface area contributed by atoms with Gasteiger partial charge in [-0.2, -0.15) is 13.2 Å². The summed E-state index contributed by atoms with van der Waals surface area (Å²) >= 11 is 0. The van der Waals surface area contributed by atoms with E-state index in [1.54, 1.807) is 47.4 Å². The normalized spacial score (nSPS) is 17.3. The molecule has 1 atom stereocenters. The zero-order valence-corrected chi connectivity index (χ0v) is 18.3. The highest BCUT2D eigenvalue weighted by atomic mass is 19.4. The van der Waals surface area contributed by atoms with Gasteiger partial charge >= 0.3 is 6.18 Å². The molecular formula is C26H19F3N2O4. The number of benzene rings is 3. The number of hydrogen-bond donors (Lipinski definition) is 0. The van der Waals surface area contributed by atoms with E-state index in [9.17, 15) is 18.0 Å². The fourth-order valence-corrected chi connectivity index (χ4v) is 4.60. The second-order valence-corrected chi connectivity index (χ2v) is 8.54. The van der Waals surface area contributed by atoms with Crippen molar-refractivity contribution in [1.82, 2.24) is 9.88 Å². The van der Waals surface area contributed by atoms with Gasteiger partial charge in [-0.15, -0.1) is 0 Å². The van der Waals surface area contributed by atoms with E-state index in [4.69, 9.17) is 13.9 Å². The third-order valence-corrected chi connectivity index (χ3v) is 6.35. The molecule has 0 N–H and O–H groups in total. The van der Waals surface area contributed by atoms with Crippen LogP contribution in [-0.4, -0.2) is 29.1 Å². The summed E-state index contributed by atoms with van der Waals surface area (Å²) in [5, 5.41) is 0. The van der Waals surface area contributed by atoms with Gasteiger partial charge in [-0.05, 0) is 66.4 Å². The van der Waals surface area contributed by atoms with Crippen molar-refractivity contribution in [3.63, 3.8) is 0 Å². The van der Waals surface area contributed by atoms with Crippen molar-refractivity contribution in [1.29, 1.82) is 0 Å². The van der Waals surface area contributed by atoms with Crippen LogP contribution in [0.5, 0.6) is 11.5 Å². The molecule has 6 nitrogen and oxygen atoms in total. The number of ether oxygens (including phenoxy) is 2. The first-order valence-electron chi connectivity index (χ1n) is 11.2. The Morgan fingerprint density at radius 2 is 1.80 bits per heavy atom. The standard InChI is InChI=1S/C26H19F3N2O4/c27-26(28,29)18-4-1-3-15(11-18)16-6-8-21-19(12-16)30-24(35-21)20-5-2-10-31(20)25(32)17-7-9-22-23(13-17)34-14-33-22/h1,3-4,6-9,11-13,20H,2,5,10,14H2. The van der Waals surface area contributed by atoms with Crippen molar-refractivity contribution < 1.29 is 31.9 Å². The summed E-state index contributed by atoms with van der Waals surface area (Å²) in [7, 11) is 0. The van der Waals surface area contributed by atoms with Gasteiger partial charge in [-0.25, -0.2) is 4.98 Å². The Bertz CT molecular complexity index is 1450. The molecule has 2 aliphatic heterocycles. The third kappa shape index (κ3) is 3.86. The SMILES string of the molecule is O=C(c1ccc2c(c1)OCO2)N1CCCC1c1nc2cc(-c3cccc(C(F)(F)F)c3)ccc2o1. The maximum atomic E-state index is 13.3. The number of aromatic nitrogens is 1. The Morgan fingerprint density at radius 1 is 0.971 bits per heavy atom. The van der Waals surface area contributed by atoms with Crippen LogP contribution in [0.1, 0.15) is 40.7 Å². The molecule has 0 aliphatic carbocycles. The molecule has 2 aliphatic rings. The Morgan fingerprint density at radius 3 is 2.66 bits per heavy atom. The van der Waals surface area contributed by atoms with Gasteiger partial charge in [0.2, 0.25) is 12.7 Å². The predicted octanol–water partition coefficient (Wildman–Crippen LogP) is 6.22. The number of hydrogen-bond acceptors (Lipinski definition) is 5. The molecule has 0 saturated carbocycles. The molecule has 35 heavy (non-hydrogen) atoms. The molecular weight excluding hydrogens is 461 g/mol. The number of fused-ring (bicyclic) bond motifs is 2. The molecule has 9 heteroatoms. The quantitative estimate of drug-likeness (QED) is 0.348. The Balaban J connectivity index is 1.29. The topological polar surface area (TPSA) is 64.8 Å². The third-order valence-electron chi connectivity index (χ3n) is 6.35. The minimum absolute atomic E-state index is 0.130. The van der Waals surface area contributed by atoms with Crippen LogP contribution >= 0.6 is 0 Å². The lowest BCUT2D eigenvalue weighted by atomic mass is 10.0. The van der Waals surface area contributed by atoms with E-state index >= 15 is 0 Å². The number of carbonyl (C=O) groups is 1. The Kier molecular flexibility index (Phi) is 4.94. The Labute approximate surface area is 197 Å². The van der Waals surface area contributed by atoms with Crippen LogP contribution in [0.2, 0.25) is 0 Å². The predicted molar refractivity (Wildman–Crippen MR) is 120 cm³/mol. The van der Waals surface area contributed by atoms with Crippen LogP contribution < -0.4 is 9.47 Å². The summed E-state index contributed by atoms with van der Waals surface area (Å²) < 4.78 is 56.1. The maximum Gasteiger partial charge on any atom is 0.416 e. The summed E-state index contributed by atoms with van der Waals surface area (Å²) in [6, 6.07) is 15.0. The largest absolute Gasteiger partial charge is 0.454 e. The molecule has 3 aromatic carbocycles. The summed E-state index contributed by atoms with van der Waals surface area (Å²) in [5.74, 6) is 1.40. The second kappa shape index (κ2) is 8.04. The molecule has 178 valence electrons. The first kappa shape index (κ1) is 21.5. The zero-order valence-electron chi connectivity index (χ0n) is 18.3. The molecule has 1 aromatic heterocycles. The molecule has 0 spiro atoms. The number of alkyl halides is 3. The minimum Gasteiger partial charge on any atom is -0.454 e. The van der Waals surface area contributed by atoms with Crippen molar-refractivity contribution in [2.24, 2.45) is 0 Å². The van der Waals surface area contributed by atoms with Crippen LogP contribution in [0.4, 0.5) is 13.2 Å². The summed E-state index contributed by atoms with van der Waals surface area (Å²) in [6.07, 6.45) is -2.92. The van der Waals surface area contributed by atoms with Crippen LogP contribution in [-0.2, 0) is 6.18 Å². The van der Waals surface area contributed by atoms with Gasteiger partial charge in [0.15, 0.2) is 17.1 Å². The average molecular weight is 480 g/mol. The summed E-state index contributed by atoms with van der Waals surface area (Å²) in [5.41, 5.74) is 1.86. The maximum absolute atomic E-state index is 13.3. The molecule has 6 rings (SSSR count). The lowest BCUT2D eigenvalue weighted by Gasteiger charge is -2.22. The van der Waals surface area contributed by atoms with E-state index in [-0.39, 0.29) is 18.7 Å². The fraction of sp³-hybridized carbons (Fsp3) is 0.231. The number of oxazole rings is 1. The first-order valence-corrected chi connectivity index (χ1v) is 11.2. The van der Waals surface area contributed by atoms with E-state index in [0.29, 0.717) is 58.1 Å². The summed E-state index contributed by atoms with van der Waals surface area (Å²) in [6.45, 7) is 0.691. The second-order valence-electron chi connectivity index (χ2n) is 8.54. The van der Waals surface area contributed by atoms with Crippen molar-refractivity contribution in [3.8, 4) is 22.6 Å². The van der Waals surface area contributed by atoms with E-state index in [0.717, 1.165) is 18.6 Å².